The SMILES string of the molecule is CC(=O)Nc1cc(-c2[nH]c3c(C(C)=O)ccnc3c2-c2ccc(C)nc2)ccn1. The van der Waals surface area contributed by atoms with Crippen LogP contribution in [0.5, 0.6) is 0 Å². The average Bonchev–Trinajstić information content (AvgIpc) is 3.08. The third kappa shape index (κ3) is 3.50. The van der Waals surface area contributed by atoms with Crippen molar-refractivity contribution >= 4 is 28.5 Å². The number of H-pyrrole nitrogens is 1. The summed E-state index contributed by atoms with van der Waals surface area (Å²) in [5.41, 5.74) is 6.15. The van der Waals surface area contributed by atoms with Crippen LogP contribution in [0.1, 0.15) is 29.9 Å². The lowest BCUT2D eigenvalue weighted by atomic mass is 10.0. The molecule has 0 aliphatic heterocycles. The minimum Gasteiger partial charge on any atom is -0.352 e. The van der Waals surface area contributed by atoms with Crippen LogP contribution in [0.2, 0.25) is 0 Å². The van der Waals surface area contributed by atoms with E-state index in [9.17, 15) is 9.59 Å². The van der Waals surface area contributed by atoms with Gasteiger partial charge >= 0.3 is 0 Å². The van der Waals surface area contributed by atoms with Gasteiger partial charge in [-0.05, 0) is 38.1 Å². The van der Waals surface area contributed by atoms with Crippen molar-refractivity contribution in [2.24, 2.45) is 0 Å². The molecule has 29 heavy (non-hydrogen) atoms. The Morgan fingerprint density at radius 2 is 1.76 bits per heavy atom. The number of carbonyl (C=O) groups is 2. The number of carbonyl (C=O) groups excluding carboxylic acids is 2. The first-order valence-electron chi connectivity index (χ1n) is 9.12. The summed E-state index contributed by atoms with van der Waals surface area (Å²) in [5.74, 6) is 0.198. The number of aromatic nitrogens is 4. The third-order valence-electron chi connectivity index (χ3n) is 4.62. The fraction of sp³-hybridized carbons (Fsp3) is 0.136. The summed E-state index contributed by atoms with van der Waals surface area (Å²) in [5, 5.41) is 2.70. The molecule has 4 heterocycles. The number of Topliss-reactive ketones (excluding diaryl/α,β-unsaturated/α-hetero) is 1. The van der Waals surface area contributed by atoms with Crippen LogP contribution in [0.4, 0.5) is 5.82 Å². The highest BCUT2D eigenvalue weighted by molar-refractivity contribution is 6.11. The number of nitrogens with zero attached hydrogens (tertiary/aromatic N) is 3. The number of pyridine rings is 3. The van der Waals surface area contributed by atoms with Gasteiger partial charge in [-0.25, -0.2) is 4.98 Å². The van der Waals surface area contributed by atoms with Crippen LogP contribution in [-0.2, 0) is 4.79 Å². The zero-order valence-electron chi connectivity index (χ0n) is 16.3. The predicted octanol–water partition coefficient (Wildman–Crippen LogP) is 4.16. The molecule has 0 saturated heterocycles. The van der Waals surface area contributed by atoms with Crippen molar-refractivity contribution in [2.45, 2.75) is 20.8 Å². The molecular formula is C22H19N5O2. The second-order valence-electron chi connectivity index (χ2n) is 6.81. The number of ketones is 1. The Hall–Kier alpha value is -3.87. The van der Waals surface area contributed by atoms with Gasteiger partial charge in [-0.1, -0.05) is 6.07 Å². The fourth-order valence-corrected chi connectivity index (χ4v) is 3.33. The van der Waals surface area contributed by atoms with Crippen LogP contribution in [0.3, 0.4) is 0 Å². The first kappa shape index (κ1) is 18.5. The van der Waals surface area contributed by atoms with Crippen molar-refractivity contribution in [1.29, 1.82) is 0 Å². The molecule has 2 N–H and O–H groups in total. The van der Waals surface area contributed by atoms with Crippen LogP contribution in [0.15, 0.2) is 48.9 Å². The maximum Gasteiger partial charge on any atom is 0.222 e. The maximum atomic E-state index is 12.2. The van der Waals surface area contributed by atoms with E-state index in [1.54, 1.807) is 30.7 Å². The number of aromatic amines is 1. The third-order valence-corrected chi connectivity index (χ3v) is 4.62. The van der Waals surface area contributed by atoms with Crippen molar-refractivity contribution in [3.8, 4) is 22.4 Å². The maximum absolute atomic E-state index is 12.2. The van der Waals surface area contributed by atoms with Crippen molar-refractivity contribution in [3.63, 3.8) is 0 Å². The first-order chi connectivity index (χ1) is 13.9. The zero-order valence-corrected chi connectivity index (χ0v) is 16.3. The van der Waals surface area contributed by atoms with Crippen LogP contribution >= 0.6 is 0 Å². The fourth-order valence-electron chi connectivity index (χ4n) is 3.33. The number of nitrogens with one attached hydrogen (secondary N) is 2. The van der Waals surface area contributed by atoms with Crippen LogP contribution < -0.4 is 5.32 Å². The predicted molar refractivity (Wildman–Crippen MR) is 112 cm³/mol. The smallest absolute Gasteiger partial charge is 0.222 e. The van der Waals surface area contributed by atoms with Crippen LogP contribution in [0, 0.1) is 6.92 Å². The van der Waals surface area contributed by atoms with Crippen LogP contribution in [0.25, 0.3) is 33.4 Å². The number of fused-ring (bicyclic) bond motifs is 1. The van der Waals surface area contributed by atoms with Crippen LogP contribution in [-0.4, -0.2) is 31.6 Å². The van der Waals surface area contributed by atoms with E-state index in [2.05, 4.69) is 25.3 Å². The van der Waals surface area contributed by atoms with Crippen molar-refractivity contribution in [1.82, 2.24) is 19.9 Å². The molecule has 0 fully saturated rings. The van der Waals surface area contributed by atoms with E-state index in [1.807, 2.05) is 25.1 Å². The molecule has 4 rings (SSSR count). The summed E-state index contributed by atoms with van der Waals surface area (Å²) in [6, 6.07) is 9.24. The van der Waals surface area contributed by atoms with Crippen molar-refractivity contribution in [2.75, 3.05) is 5.32 Å². The molecule has 144 valence electrons. The summed E-state index contributed by atoms with van der Waals surface area (Å²) in [6.07, 6.45) is 5.05. The molecule has 4 aromatic heterocycles. The molecule has 0 aromatic carbocycles. The highest BCUT2D eigenvalue weighted by Crippen LogP contribution is 2.38. The van der Waals surface area contributed by atoms with E-state index < -0.39 is 0 Å². The lowest BCUT2D eigenvalue weighted by molar-refractivity contribution is -0.114. The summed E-state index contributed by atoms with van der Waals surface area (Å²) < 4.78 is 0. The monoisotopic (exact) mass is 385 g/mol. The van der Waals surface area contributed by atoms with Gasteiger partial charge in [0.1, 0.15) is 5.82 Å². The second-order valence-corrected chi connectivity index (χ2v) is 6.81. The number of hydrogen-bond acceptors (Lipinski definition) is 5. The van der Waals surface area contributed by atoms with Gasteiger partial charge in [0.15, 0.2) is 5.78 Å². The molecular weight excluding hydrogens is 366 g/mol. The van der Waals surface area contributed by atoms with Gasteiger partial charge in [0.25, 0.3) is 0 Å². The summed E-state index contributed by atoms with van der Waals surface area (Å²) in [7, 11) is 0. The Labute approximate surface area is 167 Å². The molecule has 1 amide bonds. The van der Waals surface area contributed by atoms with Gasteiger partial charge < -0.3 is 10.3 Å². The Balaban J connectivity index is 2.01. The number of aryl methyl sites for hydroxylation is 1. The molecule has 0 spiro atoms. The minimum atomic E-state index is -0.199. The Morgan fingerprint density at radius 1 is 0.966 bits per heavy atom. The normalized spacial score (nSPS) is 10.9. The Bertz CT molecular complexity index is 1240. The standard InChI is InChI=1S/C22H19N5O2/c1-12-4-5-16(11-25-12)19-20(15-6-8-23-18(10-15)26-14(3)29)27-21-17(13(2)28)7-9-24-22(19)21/h4-11,27H,1-3H3,(H,23,26,29). The van der Waals surface area contributed by atoms with Gasteiger partial charge in [0.2, 0.25) is 5.91 Å². The van der Waals surface area contributed by atoms with Crippen molar-refractivity contribution < 1.29 is 9.59 Å². The van der Waals surface area contributed by atoms with Crippen molar-refractivity contribution in [3.05, 3.63) is 60.2 Å². The van der Waals surface area contributed by atoms with Gasteiger partial charge in [-0.15, -0.1) is 0 Å². The van der Waals surface area contributed by atoms with E-state index in [1.165, 1.54) is 13.8 Å². The van der Waals surface area contributed by atoms with Gasteiger partial charge in [-0.2, -0.15) is 0 Å². The molecule has 7 heteroatoms. The molecule has 0 radical (unpaired) electrons. The molecule has 0 aliphatic rings. The Morgan fingerprint density at radius 3 is 2.45 bits per heavy atom. The Kier molecular flexibility index (Phi) is 4.64. The highest BCUT2D eigenvalue weighted by Gasteiger charge is 2.20. The van der Waals surface area contributed by atoms with E-state index in [0.29, 0.717) is 22.4 Å². The average molecular weight is 385 g/mol. The molecule has 0 unspecified atom stereocenters. The topological polar surface area (TPSA) is 101 Å². The van der Waals surface area contributed by atoms with E-state index in [0.717, 1.165) is 28.1 Å². The molecule has 0 bridgehead atoms. The summed E-state index contributed by atoms with van der Waals surface area (Å²) >= 11 is 0. The lowest BCUT2D eigenvalue weighted by Crippen LogP contribution is -2.07. The lowest BCUT2D eigenvalue weighted by Gasteiger charge is -2.07. The number of amides is 1. The first-order valence-corrected chi connectivity index (χ1v) is 9.12. The second kappa shape index (κ2) is 7.27. The molecule has 0 saturated carbocycles. The quantitative estimate of drug-likeness (QED) is 0.514. The van der Waals surface area contributed by atoms with Gasteiger partial charge in [-0.3, -0.25) is 19.6 Å². The minimum absolute atomic E-state index is 0.0487. The number of anilines is 1. The zero-order chi connectivity index (χ0) is 20.5. The molecule has 0 aliphatic carbocycles. The molecule has 4 aromatic rings. The van der Waals surface area contributed by atoms with E-state index in [4.69, 9.17) is 0 Å². The van der Waals surface area contributed by atoms with E-state index >= 15 is 0 Å². The largest absolute Gasteiger partial charge is 0.352 e. The number of hydrogen-bond donors (Lipinski definition) is 2. The number of rotatable bonds is 4. The summed E-state index contributed by atoms with van der Waals surface area (Å²) in [6.45, 7) is 4.89. The van der Waals surface area contributed by atoms with Gasteiger partial charge in [0.05, 0.1) is 16.7 Å². The molecule has 0 atom stereocenters. The van der Waals surface area contributed by atoms with Gasteiger partial charge in [0, 0.05) is 53.5 Å². The van der Waals surface area contributed by atoms with E-state index in [-0.39, 0.29) is 11.7 Å². The highest BCUT2D eigenvalue weighted by atomic mass is 16.1. The summed E-state index contributed by atoms with van der Waals surface area (Å²) in [4.78, 5) is 40.1. The molecule has 7 nitrogen and oxygen atoms in total.